The van der Waals surface area contributed by atoms with Gasteiger partial charge in [0.2, 0.25) is 0 Å². The zero-order valence-electron chi connectivity index (χ0n) is 16.0. The van der Waals surface area contributed by atoms with Crippen LogP contribution in [0.5, 0.6) is 11.5 Å². The number of benzene rings is 3. The number of hydrogen-bond donors (Lipinski definition) is 0. The minimum absolute atomic E-state index is 0.0166. The van der Waals surface area contributed by atoms with Crippen molar-refractivity contribution in [2.24, 2.45) is 0 Å². The monoisotopic (exact) mass is 360 g/mol. The number of ketones is 1. The van der Waals surface area contributed by atoms with Gasteiger partial charge in [-0.05, 0) is 55.2 Å². The molecule has 0 saturated carbocycles. The Hall–Kier alpha value is -3.07. The summed E-state index contributed by atoms with van der Waals surface area (Å²) in [6, 6.07) is 21.6. The Balaban J connectivity index is 1.77. The van der Waals surface area contributed by atoms with Crippen molar-refractivity contribution in [1.82, 2.24) is 0 Å². The fraction of sp³-hybridized carbons (Fsp3) is 0.208. The maximum absolute atomic E-state index is 11.9. The van der Waals surface area contributed by atoms with Gasteiger partial charge in [0.1, 0.15) is 24.7 Å². The van der Waals surface area contributed by atoms with Gasteiger partial charge in [-0.2, -0.15) is 0 Å². The first-order chi connectivity index (χ1) is 13.0. The fourth-order valence-corrected chi connectivity index (χ4v) is 2.81. The van der Waals surface area contributed by atoms with Crippen molar-refractivity contribution in [2.75, 3.05) is 0 Å². The molecule has 0 aliphatic heterocycles. The van der Waals surface area contributed by atoms with Gasteiger partial charge in [-0.15, -0.1) is 0 Å². The van der Waals surface area contributed by atoms with Gasteiger partial charge >= 0.3 is 0 Å². The Labute approximate surface area is 160 Å². The number of ether oxygens (including phenoxy) is 2. The van der Waals surface area contributed by atoms with Crippen LogP contribution in [0.2, 0.25) is 0 Å². The van der Waals surface area contributed by atoms with Crippen LogP contribution in [0, 0.1) is 13.8 Å². The molecule has 0 bridgehead atoms. The molecule has 0 fully saturated rings. The Kier molecular flexibility index (Phi) is 5.92. The number of aryl methyl sites for hydroxylation is 2. The van der Waals surface area contributed by atoms with Crippen molar-refractivity contribution in [2.45, 2.75) is 34.0 Å². The molecule has 3 aromatic carbocycles. The van der Waals surface area contributed by atoms with E-state index in [1.807, 2.05) is 42.5 Å². The van der Waals surface area contributed by atoms with Crippen LogP contribution in [-0.2, 0) is 13.2 Å². The molecule has 0 radical (unpaired) electrons. The number of hydrogen-bond acceptors (Lipinski definition) is 3. The van der Waals surface area contributed by atoms with Crippen molar-refractivity contribution < 1.29 is 14.3 Å². The van der Waals surface area contributed by atoms with Crippen LogP contribution < -0.4 is 9.47 Å². The lowest BCUT2D eigenvalue weighted by Gasteiger charge is -2.13. The molecule has 3 heteroatoms. The van der Waals surface area contributed by atoms with Crippen molar-refractivity contribution in [3.63, 3.8) is 0 Å². The Bertz CT molecular complexity index is 876. The van der Waals surface area contributed by atoms with E-state index in [0.29, 0.717) is 30.3 Å². The van der Waals surface area contributed by atoms with Crippen LogP contribution in [0.3, 0.4) is 0 Å². The summed E-state index contributed by atoms with van der Waals surface area (Å²) in [5.74, 6) is 1.24. The zero-order chi connectivity index (χ0) is 19.2. The van der Waals surface area contributed by atoms with Crippen LogP contribution in [0.15, 0.2) is 66.7 Å². The van der Waals surface area contributed by atoms with E-state index in [0.717, 1.165) is 11.1 Å². The molecule has 0 unspecified atom stereocenters. The molecule has 0 saturated heterocycles. The molecule has 27 heavy (non-hydrogen) atoms. The summed E-state index contributed by atoms with van der Waals surface area (Å²) < 4.78 is 11.9. The minimum Gasteiger partial charge on any atom is -0.489 e. The smallest absolute Gasteiger partial charge is 0.160 e. The zero-order valence-corrected chi connectivity index (χ0v) is 16.0. The third-order valence-electron chi connectivity index (χ3n) is 4.60. The van der Waals surface area contributed by atoms with E-state index in [-0.39, 0.29) is 5.78 Å². The number of Topliss-reactive ketones (excluding diaryl/α,β-unsaturated/α-hetero) is 1. The lowest BCUT2D eigenvalue weighted by atomic mass is 10.1. The molecule has 0 amide bonds. The van der Waals surface area contributed by atoms with Gasteiger partial charge < -0.3 is 9.47 Å². The predicted molar refractivity (Wildman–Crippen MR) is 107 cm³/mol. The van der Waals surface area contributed by atoms with Gasteiger partial charge in [0.15, 0.2) is 5.78 Å². The molecule has 0 atom stereocenters. The van der Waals surface area contributed by atoms with E-state index in [9.17, 15) is 4.79 Å². The van der Waals surface area contributed by atoms with E-state index in [2.05, 4.69) is 26.0 Å². The standard InChI is InChI=1S/C24H24O3/c1-17-8-4-6-10-20(17)15-26-23-12-22(19(3)25)13-24(14-23)27-16-21-11-7-5-9-18(21)2/h4-14H,15-16H2,1-3H3. The SMILES string of the molecule is CC(=O)c1cc(OCc2ccccc2C)cc(OCc2ccccc2C)c1. The summed E-state index contributed by atoms with van der Waals surface area (Å²) in [6.07, 6.45) is 0. The van der Waals surface area contributed by atoms with Gasteiger partial charge in [-0.25, -0.2) is 0 Å². The first-order valence-corrected chi connectivity index (χ1v) is 9.03. The van der Waals surface area contributed by atoms with Crippen LogP contribution in [0.1, 0.15) is 39.5 Å². The Morgan fingerprint density at radius 1 is 0.741 bits per heavy atom. The van der Waals surface area contributed by atoms with E-state index < -0.39 is 0 Å². The number of rotatable bonds is 7. The normalized spacial score (nSPS) is 10.5. The molecule has 0 aliphatic carbocycles. The van der Waals surface area contributed by atoms with Gasteiger partial charge in [-0.3, -0.25) is 4.79 Å². The maximum Gasteiger partial charge on any atom is 0.160 e. The lowest BCUT2D eigenvalue weighted by Crippen LogP contribution is -2.02. The molecule has 0 aliphatic rings. The molecule has 138 valence electrons. The minimum atomic E-state index is -0.0166. The van der Waals surface area contributed by atoms with Crippen LogP contribution >= 0.6 is 0 Å². The molecule has 3 rings (SSSR count). The summed E-state index contributed by atoms with van der Waals surface area (Å²) >= 11 is 0. The van der Waals surface area contributed by atoms with Gasteiger partial charge in [0, 0.05) is 11.6 Å². The van der Waals surface area contributed by atoms with Crippen LogP contribution in [0.25, 0.3) is 0 Å². The quantitative estimate of drug-likeness (QED) is 0.510. The first kappa shape index (κ1) is 18.7. The Morgan fingerprint density at radius 3 is 1.59 bits per heavy atom. The third kappa shape index (κ3) is 4.98. The molecule has 0 aromatic heterocycles. The maximum atomic E-state index is 11.9. The van der Waals surface area contributed by atoms with Gasteiger partial charge in [-0.1, -0.05) is 48.5 Å². The van der Waals surface area contributed by atoms with E-state index >= 15 is 0 Å². The fourth-order valence-electron chi connectivity index (χ4n) is 2.81. The number of carbonyl (C=O) groups excluding carboxylic acids is 1. The summed E-state index contributed by atoms with van der Waals surface area (Å²) in [5, 5.41) is 0. The van der Waals surface area contributed by atoms with E-state index in [1.54, 1.807) is 19.1 Å². The van der Waals surface area contributed by atoms with E-state index in [1.165, 1.54) is 11.1 Å². The summed E-state index contributed by atoms with van der Waals surface area (Å²) in [6.45, 7) is 6.56. The predicted octanol–water partition coefficient (Wildman–Crippen LogP) is 5.66. The average Bonchev–Trinajstić information content (AvgIpc) is 2.66. The molecule has 0 heterocycles. The van der Waals surface area contributed by atoms with Crippen molar-refractivity contribution in [3.05, 3.63) is 94.5 Å². The molecule has 0 N–H and O–H groups in total. The molecule has 3 aromatic rings. The van der Waals surface area contributed by atoms with Crippen molar-refractivity contribution in [3.8, 4) is 11.5 Å². The lowest BCUT2D eigenvalue weighted by molar-refractivity contribution is 0.101. The molecule has 0 spiro atoms. The summed E-state index contributed by atoms with van der Waals surface area (Å²) in [5.41, 5.74) is 5.17. The average molecular weight is 360 g/mol. The molecule has 3 nitrogen and oxygen atoms in total. The number of carbonyl (C=O) groups is 1. The highest BCUT2D eigenvalue weighted by Crippen LogP contribution is 2.25. The highest BCUT2D eigenvalue weighted by molar-refractivity contribution is 5.94. The molecular weight excluding hydrogens is 336 g/mol. The van der Waals surface area contributed by atoms with E-state index in [4.69, 9.17) is 9.47 Å². The van der Waals surface area contributed by atoms with Crippen LogP contribution in [-0.4, -0.2) is 5.78 Å². The highest BCUT2D eigenvalue weighted by atomic mass is 16.5. The Morgan fingerprint density at radius 2 is 1.19 bits per heavy atom. The summed E-state index contributed by atoms with van der Waals surface area (Å²) in [7, 11) is 0. The van der Waals surface area contributed by atoms with Gasteiger partial charge in [0.05, 0.1) is 0 Å². The third-order valence-corrected chi connectivity index (χ3v) is 4.60. The summed E-state index contributed by atoms with van der Waals surface area (Å²) in [4.78, 5) is 11.9. The molecular formula is C24H24O3. The second-order valence-corrected chi connectivity index (χ2v) is 6.68. The highest BCUT2D eigenvalue weighted by Gasteiger charge is 2.09. The van der Waals surface area contributed by atoms with Crippen molar-refractivity contribution >= 4 is 5.78 Å². The van der Waals surface area contributed by atoms with Crippen molar-refractivity contribution in [1.29, 1.82) is 0 Å². The second kappa shape index (κ2) is 8.54. The van der Waals surface area contributed by atoms with Gasteiger partial charge in [0.25, 0.3) is 0 Å². The van der Waals surface area contributed by atoms with Crippen LogP contribution in [0.4, 0.5) is 0 Å². The second-order valence-electron chi connectivity index (χ2n) is 6.68. The first-order valence-electron chi connectivity index (χ1n) is 9.03. The topological polar surface area (TPSA) is 35.5 Å². The largest absolute Gasteiger partial charge is 0.489 e.